The minimum absolute atomic E-state index is 0.0673. The molecule has 31 heavy (non-hydrogen) atoms. The maximum atomic E-state index is 12.6. The molecule has 0 bridgehead atoms. The lowest BCUT2D eigenvalue weighted by Gasteiger charge is -2.17. The van der Waals surface area contributed by atoms with E-state index in [0.29, 0.717) is 10.6 Å². The van der Waals surface area contributed by atoms with Crippen LogP contribution in [0, 0.1) is 0 Å². The van der Waals surface area contributed by atoms with Gasteiger partial charge in [0.1, 0.15) is 6.54 Å². The van der Waals surface area contributed by atoms with Gasteiger partial charge in [0.25, 0.3) is 5.91 Å². The van der Waals surface area contributed by atoms with E-state index in [9.17, 15) is 22.8 Å². The summed E-state index contributed by atoms with van der Waals surface area (Å²) in [6, 6.07) is 12.0. The van der Waals surface area contributed by atoms with Gasteiger partial charge in [0.05, 0.1) is 10.9 Å². The van der Waals surface area contributed by atoms with E-state index in [-0.39, 0.29) is 16.7 Å². The lowest BCUT2D eigenvalue weighted by molar-refractivity contribution is -0.148. The number of ether oxygens (including phenoxy) is 1. The molecule has 1 unspecified atom stereocenters. The molecule has 1 atom stereocenters. The van der Waals surface area contributed by atoms with Crippen LogP contribution >= 0.6 is 11.6 Å². The second-order valence-corrected chi connectivity index (χ2v) is 9.32. The fraction of sp³-hybridized carbons (Fsp3) is 0.286. The third kappa shape index (κ3) is 6.88. The molecule has 2 rings (SSSR count). The summed E-state index contributed by atoms with van der Waals surface area (Å²) in [6.07, 6.45) is 0. The molecule has 0 heterocycles. The smallest absolute Gasteiger partial charge is 0.321 e. The summed E-state index contributed by atoms with van der Waals surface area (Å²) in [5.74, 6) is -1.59. The Bertz CT molecular complexity index is 1050. The number of sulfonamides is 1. The van der Waals surface area contributed by atoms with E-state index in [1.165, 1.54) is 38.2 Å². The third-order valence-corrected chi connectivity index (χ3v) is 6.50. The van der Waals surface area contributed by atoms with Gasteiger partial charge in [0, 0.05) is 17.6 Å². The number of benzene rings is 2. The Kier molecular flexibility index (Phi) is 8.32. The first-order chi connectivity index (χ1) is 14.5. The zero-order valence-corrected chi connectivity index (χ0v) is 18.9. The van der Waals surface area contributed by atoms with Crippen molar-refractivity contribution in [2.24, 2.45) is 0 Å². The van der Waals surface area contributed by atoms with Crippen molar-refractivity contribution in [3.63, 3.8) is 0 Å². The van der Waals surface area contributed by atoms with Crippen LogP contribution < -0.4 is 5.32 Å². The van der Waals surface area contributed by atoms with Gasteiger partial charge >= 0.3 is 5.97 Å². The van der Waals surface area contributed by atoms with E-state index in [4.69, 9.17) is 16.3 Å². The molecule has 0 saturated carbocycles. The first kappa shape index (κ1) is 24.5. The summed E-state index contributed by atoms with van der Waals surface area (Å²) < 4.78 is 30.8. The molecule has 0 radical (unpaired) electrons. The van der Waals surface area contributed by atoms with Gasteiger partial charge in [-0.15, -0.1) is 0 Å². The van der Waals surface area contributed by atoms with Gasteiger partial charge in [-0.2, -0.15) is 4.31 Å². The SMILES string of the molecule is CC(=O)c1ccc(S(=O)(=O)N(C)CC(=O)OCC(=O)NC(C)c2ccc(Cl)cc2)cc1. The van der Waals surface area contributed by atoms with Crippen molar-refractivity contribution in [1.82, 2.24) is 9.62 Å². The molecule has 1 N–H and O–H groups in total. The number of hydrogen-bond acceptors (Lipinski definition) is 6. The molecule has 0 aliphatic carbocycles. The van der Waals surface area contributed by atoms with Crippen LogP contribution in [-0.4, -0.2) is 50.6 Å². The van der Waals surface area contributed by atoms with E-state index in [0.717, 1.165) is 9.87 Å². The fourth-order valence-corrected chi connectivity index (χ4v) is 3.86. The van der Waals surface area contributed by atoms with Gasteiger partial charge < -0.3 is 10.1 Å². The lowest BCUT2D eigenvalue weighted by atomic mass is 10.1. The number of nitrogens with zero attached hydrogens (tertiary/aromatic N) is 1. The number of hydrogen-bond donors (Lipinski definition) is 1. The first-order valence-corrected chi connectivity index (χ1v) is 11.1. The number of nitrogens with one attached hydrogen (secondary N) is 1. The average molecular weight is 467 g/mol. The standard InChI is InChI=1S/C21H23ClN2O6S/c1-14(16-4-8-18(22)9-5-16)23-20(26)13-30-21(27)12-24(3)31(28,29)19-10-6-17(7-11-19)15(2)25/h4-11,14H,12-13H2,1-3H3,(H,23,26). The highest BCUT2D eigenvalue weighted by Gasteiger charge is 2.24. The molecule has 2 aromatic carbocycles. The van der Waals surface area contributed by atoms with Gasteiger partial charge in [0.15, 0.2) is 12.4 Å². The summed E-state index contributed by atoms with van der Waals surface area (Å²) in [5, 5.41) is 3.25. The van der Waals surface area contributed by atoms with Crippen LogP contribution in [0.2, 0.25) is 5.02 Å². The maximum absolute atomic E-state index is 12.6. The highest BCUT2D eigenvalue weighted by molar-refractivity contribution is 7.89. The zero-order valence-electron chi connectivity index (χ0n) is 17.3. The van der Waals surface area contributed by atoms with Crippen LogP contribution in [0.1, 0.15) is 35.8 Å². The summed E-state index contributed by atoms with van der Waals surface area (Å²) >= 11 is 5.83. The number of carbonyl (C=O) groups is 3. The number of ketones is 1. The Balaban J connectivity index is 1.87. The molecule has 0 aromatic heterocycles. The average Bonchev–Trinajstić information content (AvgIpc) is 2.72. The van der Waals surface area contributed by atoms with Gasteiger partial charge in [0.2, 0.25) is 10.0 Å². The van der Waals surface area contributed by atoms with Gasteiger partial charge in [-0.05, 0) is 43.7 Å². The molecule has 10 heteroatoms. The van der Waals surface area contributed by atoms with Crippen LogP contribution in [-0.2, 0) is 24.3 Å². The van der Waals surface area contributed by atoms with Crippen LogP contribution in [0.5, 0.6) is 0 Å². The molecule has 0 aliphatic rings. The largest absolute Gasteiger partial charge is 0.455 e. The predicted octanol–water partition coefficient (Wildman–Crippen LogP) is 2.58. The molecule has 0 aliphatic heterocycles. The van der Waals surface area contributed by atoms with Gasteiger partial charge in [-0.3, -0.25) is 14.4 Å². The minimum Gasteiger partial charge on any atom is -0.455 e. The van der Waals surface area contributed by atoms with Crippen LogP contribution in [0.3, 0.4) is 0 Å². The molecule has 0 saturated heterocycles. The summed E-state index contributed by atoms with van der Waals surface area (Å²) in [5.41, 5.74) is 1.20. The van der Waals surface area contributed by atoms with Crippen LogP contribution in [0.15, 0.2) is 53.4 Å². The summed E-state index contributed by atoms with van der Waals surface area (Å²) in [4.78, 5) is 35.3. The molecule has 0 spiro atoms. The van der Waals surface area contributed by atoms with Crippen molar-refractivity contribution in [2.75, 3.05) is 20.2 Å². The fourth-order valence-electron chi connectivity index (χ4n) is 2.62. The molecule has 166 valence electrons. The van der Waals surface area contributed by atoms with Crippen molar-refractivity contribution in [3.05, 3.63) is 64.7 Å². The van der Waals surface area contributed by atoms with E-state index in [2.05, 4.69) is 5.32 Å². The number of amides is 1. The second-order valence-electron chi connectivity index (χ2n) is 6.84. The Morgan fingerprint density at radius 3 is 2.19 bits per heavy atom. The zero-order chi connectivity index (χ0) is 23.2. The van der Waals surface area contributed by atoms with Crippen molar-refractivity contribution in [2.45, 2.75) is 24.8 Å². The van der Waals surface area contributed by atoms with Gasteiger partial charge in [-0.25, -0.2) is 8.42 Å². The Morgan fingerprint density at radius 2 is 1.65 bits per heavy atom. The molecule has 0 fully saturated rings. The molecular formula is C21H23ClN2O6S. The van der Waals surface area contributed by atoms with Crippen molar-refractivity contribution in [3.8, 4) is 0 Å². The number of Topliss-reactive ketones (excluding diaryl/α,β-unsaturated/α-hetero) is 1. The molecule has 2 aromatic rings. The summed E-state index contributed by atoms with van der Waals surface area (Å²) in [6.45, 7) is 2.02. The number of carbonyl (C=O) groups excluding carboxylic acids is 3. The van der Waals surface area contributed by atoms with Crippen molar-refractivity contribution in [1.29, 1.82) is 0 Å². The molecule has 1 amide bonds. The van der Waals surface area contributed by atoms with Crippen LogP contribution in [0.25, 0.3) is 0 Å². The third-order valence-electron chi connectivity index (χ3n) is 4.43. The Labute approximate surface area is 186 Å². The maximum Gasteiger partial charge on any atom is 0.321 e. The number of likely N-dealkylation sites (N-methyl/N-ethyl adjacent to an activating group) is 1. The van der Waals surface area contributed by atoms with E-state index < -0.39 is 35.1 Å². The number of halogens is 1. The first-order valence-electron chi connectivity index (χ1n) is 9.28. The molecule has 8 nitrogen and oxygen atoms in total. The monoisotopic (exact) mass is 466 g/mol. The second kappa shape index (κ2) is 10.5. The molecular weight excluding hydrogens is 444 g/mol. The van der Waals surface area contributed by atoms with E-state index >= 15 is 0 Å². The topological polar surface area (TPSA) is 110 Å². The lowest BCUT2D eigenvalue weighted by Crippen LogP contribution is -2.36. The minimum atomic E-state index is -3.96. The number of esters is 1. The van der Waals surface area contributed by atoms with Gasteiger partial charge in [-0.1, -0.05) is 35.9 Å². The van der Waals surface area contributed by atoms with E-state index in [1.54, 1.807) is 31.2 Å². The Hall–Kier alpha value is -2.75. The normalized spacial score (nSPS) is 12.3. The predicted molar refractivity (Wildman–Crippen MR) is 115 cm³/mol. The van der Waals surface area contributed by atoms with E-state index in [1.807, 2.05) is 0 Å². The Morgan fingerprint density at radius 1 is 1.06 bits per heavy atom. The van der Waals surface area contributed by atoms with Crippen molar-refractivity contribution >= 4 is 39.3 Å². The highest BCUT2D eigenvalue weighted by atomic mass is 35.5. The highest BCUT2D eigenvalue weighted by Crippen LogP contribution is 2.17. The quantitative estimate of drug-likeness (QED) is 0.449. The number of rotatable bonds is 9. The van der Waals surface area contributed by atoms with Crippen LogP contribution in [0.4, 0.5) is 0 Å². The summed E-state index contributed by atoms with van der Waals surface area (Å²) in [7, 11) is -2.74. The van der Waals surface area contributed by atoms with Crippen molar-refractivity contribution < 1.29 is 27.5 Å².